The van der Waals surface area contributed by atoms with E-state index in [4.69, 9.17) is 9.47 Å². The summed E-state index contributed by atoms with van der Waals surface area (Å²) in [6, 6.07) is 8.69. The first kappa shape index (κ1) is 17.2. The lowest BCUT2D eigenvalue weighted by Gasteiger charge is -2.12. The Kier molecular flexibility index (Phi) is 5.23. The lowest BCUT2D eigenvalue weighted by atomic mass is 10.2. The average molecular weight is 339 g/mol. The van der Waals surface area contributed by atoms with Crippen LogP contribution in [0.5, 0.6) is 11.5 Å². The molecule has 0 saturated carbocycles. The molecule has 0 atom stereocenters. The van der Waals surface area contributed by atoms with Crippen LogP contribution in [-0.4, -0.2) is 22.6 Å². The Morgan fingerprint density at radius 1 is 1.04 bits per heavy atom. The zero-order valence-electron chi connectivity index (χ0n) is 13.1. The van der Waals surface area contributed by atoms with Crippen LogP contribution in [0.3, 0.4) is 0 Å². The predicted molar refractivity (Wildman–Crippen MR) is 84.7 cm³/mol. The van der Waals surface area contributed by atoms with E-state index in [-0.39, 0.29) is 11.4 Å². The van der Waals surface area contributed by atoms with Crippen LogP contribution in [0.1, 0.15) is 11.1 Å². The molecule has 7 heteroatoms. The Morgan fingerprint density at radius 2 is 1.74 bits per heavy atom. The second-order valence-corrected chi connectivity index (χ2v) is 6.66. The maximum absolute atomic E-state index is 13.1. The molecule has 0 unspecified atom stereocenters. The summed E-state index contributed by atoms with van der Waals surface area (Å²) < 4.78 is 50.6. The molecule has 0 heterocycles. The predicted octanol–water partition coefficient (Wildman–Crippen LogP) is 2.63. The highest BCUT2D eigenvalue weighted by Crippen LogP contribution is 2.27. The molecule has 0 fully saturated rings. The quantitative estimate of drug-likeness (QED) is 0.879. The summed E-state index contributed by atoms with van der Waals surface area (Å²) in [5.41, 5.74) is 1.07. The standard InChI is InChI=1S/C16H18FNO4S/c1-11-8-13(17)5-7-16(11)23(19,20)18-10-12-4-6-14(21-2)15(9-12)22-3/h4-9,18H,10H2,1-3H3. The Morgan fingerprint density at radius 3 is 2.35 bits per heavy atom. The van der Waals surface area contributed by atoms with Crippen LogP contribution in [0, 0.1) is 12.7 Å². The van der Waals surface area contributed by atoms with Gasteiger partial charge in [0, 0.05) is 6.54 Å². The van der Waals surface area contributed by atoms with E-state index in [1.54, 1.807) is 25.1 Å². The molecule has 1 N–H and O–H groups in total. The smallest absolute Gasteiger partial charge is 0.241 e. The van der Waals surface area contributed by atoms with Gasteiger partial charge in [-0.3, -0.25) is 0 Å². The van der Waals surface area contributed by atoms with Crippen LogP contribution >= 0.6 is 0 Å². The van der Waals surface area contributed by atoms with E-state index in [2.05, 4.69) is 4.72 Å². The highest BCUT2D eigenvalue weighted by atomic mass is 32.2. The fourth-order valence-corrected chi connectivity index (χ4v) is 3.40. The fourth-order valence-electron chi connectivity index (χ4n) is 2.16. The van der Waals surface area contributed by atoms with Crippen LogP contribution in [0.25, 0.3) is 0 Å². The average Bonchev–Trinajstić information content (AvgIpc) is 2.52. The van der Waals surface area contributed by atoms with Gasteiger partial charge in [-0.05, 0) is 48.4 Å². The van der Waals surface area contributed by atoms with Gasteiger partial charge >= 0.3 is 0 Å². The van der Waals surface area contributed by atoms with E-state index in [0.29, 0.717) is 22.6 Å². The van der Waals surface area contributed by atoms with Gasteiger partial charge in [0.25, 0.3) is 0 Å². The van der Waals surface area contributed by atoms with Gasteiger partial charge in [0.05, 0.1) is 19.1 Å². The number of hydrogen-bond donors (Lipinski definition) is 1. The Hall–Kier alpha value is -2.12. The summed E-state index contributed by atoms with van der Waals surface area (Å²) in [7, 11) is -0.697. The van der Waals surface area contributed by atoms with Gasteiger partial charge in [0.1, 0.15) is 5.82 Å². The zero-order chi connectivity index (χ0) is 17.0. The third kappa shape index (κ3) is 4.00. The molecule has 0 bridgehead atoms. The molecule has 0 spiro atoms. The van der Waals surface area contributed by atoms with Gasteiger partial charge in [-0.2, -0.15) is 0 Å². The molecule has 5 nitrogen and oxygen atoms in total. The molecule has 0 amide bonds. The van der Waals surface area contributed by atoms with Crippen molar-refractivity contribution in [2.45, 2.75) is 18.4 Å². The number of nitrogens with one attached hydrogen (secondary N) is 1. The molecule has 124 valence electrons. The number of sulfonamides is 1. The van der Waals surface area contributed by atoms with Gasteiger partial charge < -0.3 is 9.47 Å². The van der Waals surface area contributed by atoms with Crippen LogP contribution in [0.4, 0.5) is 4.39 Å². The van der Waals surface area contributed by atoms with E-state index in [1.165, 1.54) is 26.4 Å². The molecule has 0 saturated heterocycles. The first-order valence-electron chi connectivity index (χ1n) is 6.84. The maximum atomic E-state index is 13.1. The third-order valence-electron chi connectivity index (χ3n) is 3.34. The van der Waals surface area contributed by atoms with Gasteiger partial charge in [-0.1, -0.05) is 6.07 Å². The van der Waals surface area contributed by atoms with Crippen molar-refractivity contribution in [3.8, 4) is 11.5 Å². The summed E-state index contributed by atoms with van der Waals surface area (Å²) in [5, 5.41) is 0. The van der Waals surface area contributed by atoms with Gasteiger partial charge in [-0.15, -0.1) is 0 Å². The molecule has 0 aliphatic rings. The zero-order valence-corrected chi connectivity index (χ0v) is 13.9. The number of rotatable bonds is 6. The number of hydrogen-bond acceptors (Lipinski definition) is 4. The Labute approximate surface area is 135 Å². The van der Waals surface area contributed by atoms with Crippen molar-refractivity contribution in [2.75, 3.05) is 14.2 Å². The molecule has 0 aromatic heterocycles. The minimum Gasteiger partial charge on any atom is -0.493 e. The summed E-state index contributed by atoms with van der Waals surface area (Å²) in [6.45, 7) is 1.63. The van der Waals surface area contributed by atoms with Gasteiger partial charge in [0.15, 0.2) is 11.5 Å². The lowest BCUT2D eigenvalue weighted by molar-refractivity contribution is 0.354. The second kappa shape index (κ2) is 6.97. The number of methoxy groups -OCH3 is 2. The van der Waals surface area contributed by atoms with Crippen molar-refractivity contribution in [1.82, 2.24) is 4.72 Å². The van der Waals surface area contributed by atoms with Crippen molar-refractivity contribution >= 4 is 10.0 Å². The number of ether oxygens (including phenoxy) is 2. The molecule has 23 heavy (non-hydrogen) atoms. The number of halogens is 1. The van der Waals surface area contributed by atoms with Crippen molar-refractivity contribution in [3.05, 3.63) is 53.3 Å². The summed E-state index contributed by atoms with van der Waals surface area (Å²) in [5.74, 6) is 0.608. The normalized spacial score (nSPS) is 11.3. The molecule has 2 aromatic carbocycles. The highest BCUT2D eigenvalue weighted by Gasteiger charge is 2.17. The van der Waals surface area contributed by atoms with Gasteiger partial charge in [0.2, 0.25) is 10.0 Å². The molecule has 0 aliphatic carbocycles. The van der Waals surface area contributed by atoms with Crippen molar-refractivity contribution in [1.29, 1.82) is 0 Å². The molecule has 2 aromatic rings. The third-order valence-corrected chi connectivity index (χ3v) is 4.90. The molecular formula is C16H18FNO4S. The van der Waals surface area contributed by atoms with Gasteiger partial charge in [-0.25, -0.2) is 17.5 Å². The number of aryl methyl sites for hydroxylation is 1. The van der Waals surface area contributed by atoms with Crippen LogP contribution < -0.4 is 14.2 Å². The number of benzene rings is 2. The van der Waals surface area contributed by atoms with E-state index < -0.39 is 15.8 Å². The first-order chi connectivity index (χ1) is 10.9. The Balaban J connectivity index is 2.19. The second-order valence-electron chi connectivity index (χ2n) is 4.92. The topological polar surface area (TPSA) is 64.6 Å². The van der Waals surface area contributed by atoms with E-state index in [1.807, 2.05) is 0 Å². The van der Waals surface area contributed by atoms with Crippen molar-refractivity contribution in [3.63, 3.8) is 0 Å². The molecular weight excluding hydrogens is 321 g/mol. The summed E-state index contributed by atoms with van der Waals surface area (Å²) in [6.07, 6.45) is 0. The van der Waals surface area contributed by atoms with E-state index in [0.717, 1.165) is 6.07 Å². The minimum atomic E-state index is -3.73. The molecule has 2 rings (SSSR count). The van der Waals surface area contributed by atoms with E-state index in [9.17, 15) is 12.8 Å². The van der Waals surface area contributed by atoms with Crippen LogP contribution in [-0.2, 0) is 16.6 Å². The minimum absolute atomic E-state index is 0.0550. The van der Waals surface area contributed by atoms with Crippen LogP contribution in [0.2, 0.25) is 0 Å². The molecule has 0 radical (unpaired) electrons. The Bertz CT molecular complexity index is 806. The summed E-state index contributed by atoms with van der Waals surface area (Å²) in [4.78, 5) is 0.0550. The van der Waals surface area contributed by atoms with Crippen LogP contribution in [0.15, 0.2) is 41.3 Å². The summed E-state index contributed by atoms with van der Waals surface area (Å²) >= 11 is 0. The fraction of sp³-hybridized carbons (Fsp3) is 0.250. The highest BCUT2D eigenvalue weighted by molar-refractivity contribution is 7.89. The maximum Gasteiger partial charge on any atom is 0.241 e. The first-order valence-corrected chi connectivity index (χ1v) is 8.32. The largest absolute Gasteiger partial charge is 0.493 e. The van der Waals surface area contributed by atoms with Crippen molar-refractivity contribution in [2.24, 2.45) is 0 Å². The van der Waals surface area contributed by atoms with Crippen molar-refractivity contribution < 1.29 is 22.3 Å². The SMILES string of the molecule is COc1ccc(CNS(=O)(=O)c2ccc(F)cc2C)cc1OC. The molecule has 0 aliphatic heterocycles. The van der Waals surface area contributed by atoms with E-state index >= 15 is 0 Å². The lowest BCUT2D eigenvalue weighted by Crippen LogP contribution is -2.24. The monoisotopic (exact) mass is 339 g/mol.